The van der Waals surface area contributed by atoms with Crippen LogP contribution in [-0.2, 0) is 9.53 Å². The summed E-state index contributed by atoms with van der Waals surface area (Å²) < 4.78 is 5.18. The van der Waals surface area contributed by atoms with Gasteiger partial charge in [-0.05, 0) is 25.2 Å². The van der Waals surface area contributed by atoms with Gasteiger partial charge in [0.15, 0.2) is 0 Å². The average molecular weight is 294 g/mol. The van der Waals surface area contributed by atoms with E-state index < -0.39 is 0 Å². The quantitative estimate of drug-likeness (QED) is 0.230. The molecule has 0 atom stereocenters. The highest BCUT2D eigenvalue weighted by Crippen LogP contribution is 2.29. The van der Waals surface area contributed by atoms with Crippen molar-refractivity contribution in [2.75, 3.05) is 6.61 Å². The van der Waals surface area contributed by atoms with Crippen LogP contribution < -0.4 is 0 Å². The number of hydrogen-bond donors (Lipinski definition) is 0. The molecular weight excluding hydrogens is 260 g/mol. The van der Waals surface area contributed by atoms with Crippen molar-refractivity contribution in [3.05, 3.63) is 12.2 Å². The van der Waals surface area contributed by atoms with E-state index in [1.807, 2.05) is 6.08 Å². The third kappa shape index (κ3) is 12.6. The first kappa shape index (κ1) is 18.3. The fourth-order valence-corrected chi connectivity index (χ4v) is 2.49. The van der Waals surface area contributed by atoms with E-state index in [1.165, 1.54) is 77.0 Å². The predicted molar refractivity (Wildman–Crippen MR) is 89.3 cm³/mol. The summed E-state index contributed by atoms with van der Waals surface area (Å²) in [5.41, 5.74) is 0. The van der Waals surface area contributed by atoms with Crippen molar-refractivity contribution in [1.82, 2.24) is 0 Å². The van der Waals surface area contributed by atoms with Crippen molar-refractivity contribution in [2.45, 2.75) is 90.4 Å². The van der Waals surface area contributed by atoms with Crippen molar-refractivity contribution >= 4 is 5.97 Å². The number of unbranched alkanes of at least 4 members (excludes halogenated alkanes) is 10. The fourth-order valence-electron chi connectivity index (χ4n) is 2.49. The van der Waals surface area contributed by atoms with Crippen LogP contribution in [0.4, 0.5) is 0 Å². The minimum atomic E-state index is -0.158. The molecule has 1 saturated carbocycles. The number of hydrogen-bond acceptors (Lipinski definition) is 2. The summed E-state index contributed by atoms with van der Waals surface area (Å²) in [6, 6.07) is 0. The summed E-state index contributed by atoms with van der Waals surface area (Å²) in [6.07, 6.45) is 20.6. The van der Waals surface area contributed by atoms with Gasteiger partial charge < -0.3 is 4.74 Å². The summed E-state index contributed by atoms with van der Waals surface area (Å²) in [6.45, 7) is 2.85. The molecule has 122 valence electrons. The summed E-state index contributed by atoms with van der Waals surface area (Å²) >= 11 is 0. The van der Waals surface area contributed by atoms with E-state index in [0.717, 1.165) is 6.42 Å². The molecule has 2 heteroatoms. The normalized spacial score (nSPS) is 14.7. The first-order valence-corrected chi connectivity index (χ1v) is 9.18. The van der Waals surface area contributed by atoms with Crippen LogP contribution in [0.3, 0.4) is 0 Å². The van der Waals surface area contributed by atoms with Crippen molar-refractivity contribution in [2.24, 2.45) is 5.92 Å². The van der Waals surface area contributed by atoms with Crippen molar-refractivity contribution in [1.29, 1.82) is 0 Å². The molecule has 0 heterocycles. The van der Waals surface area contributed by atoms with E-state index >= 15 is 0 Å². The van der Waals surface area contributed by atoms with Crippen LogP contribution >= 0.6 is 0 Å². The Hall–Kier alpha value is -0.790. The number of carbonyl (C=O) groups is 1. The van der Waals surface area contributed by atoms with Crippen LogP contribution in [0.15, 0.2) is 12.2 Å². The molecule has 0 aromatic carbocycles. The number of carbonyl (C=O) groups excluding carboxylic acids is 1. The van der Waals surface area contributed by atoms with E-state index in [2.05, 4.69) is 6.92 Å². The maximum Gasteiger partial charge on any atom is 0.330 e. The van der Waals surface area contributed by atoms with Gasteiger partial charge in [-0.2, -0.15) is 0 Å². The minimum absolute atomic E-state index is 0.158. The highest BCUT2D eigenvalue weighted by atomic mass is 16.5. The van der Waals surface area contributed by atoms with E-state index in [4.69, 9.17) is 4.74 Å². The highest BCUT2D eigenvalue weighted by Gasteiger charge is 2.17. The van der Waals surface area contributed by atoms with Crippen molar-refractivity contribution in [3.8, 4) is 0 Å². The molecule has 0 aromatic heterocycles. The lowest BCUT2D eigenvalue weighted by molar-refractivity contribution is -0.137. The Balaban J connectivity index is 1.73. The second kappa shape index (κ2) is 12.9. The summed E-state index contributed by atoms with van der Waals surface area (Å²) in [4.78, 5) is 11.3. The Morgan fingerprint density at radius 2 is 1.43 bits per heavy atom. The summed E-state index contributed by atoms with van der Waals surface area (Å²) in [5.74, 6) is 0.494. The molecule has 0 unspecified atom stereocenters. The highest BCUT2D eigenvalue weighted by molar-refractivity contribution is 5.81. The second-order valence-corrected chi connectivity index (χ2v) is 6.40. The van der Waals surface area contributed by atoms with E-state index in [9.17, 15) is 4.79 Å². The molecule has 1 aliphatic rings. The molecule has 0 bridgehead atoms. The molecule has 0 spiro atoms. The molecule has 0 radical (unpaired) electrons. The standard InChI is InChI=1S/C19H34O2/c1-2-3-4-5-6-7-8-9-10-11-12-17-21-19(20)16-15-18-13-14-18/h15-16,18H,2-14,17H2,1H3. The van der Waals surface area contributed by atoms with Crippen LogP contribution in [0, 0.1) is 5.92 Å². The molecule has 0 aromatic rings. The largest absolute Gasteiger partial charge is 0.463 e. The molecule has 0 N–H and O–H groups in total. The molecule has 21 heavy (non-hydrogen) atoms. The summed E-state index contributed by atoms with van der Waals surface area (Å²) in [7, 11) is 0. The summed E-state index contributed by atoms with van der Waals surface area (Å²) in [5, 5.41) is 0. The topological polar surface area (TPSA) is 26.3 Å². The minimum Gasteiger partial charge on any atom is -0.463 e. The van der Waals surface area contributed by atoms with Crippen LogP contribution in [0.1, 0.15) is 90.4 Å². The third-order valence-corrected chi connectivity index (χ3v) is 4.12. The lowest BCUT2D eigenvalue weighted by Crippen LogP contribution is -2.02. The zero-order valence-electron chi connectivity index (χ0n) is 13.9. The number of allylic oxidation sites excluding steroid dienone is 1. The zero-order chi connectivity index (χ0) is 15.2. The van der Waals surface area contributed by atoms with Gasteiger partial charge >= 0.3 is 5.97 Å². The third-order valence-electron chi connectivity index (χ3n) is 4.12. The fraction of sp³-hybridized carbons (Fsp3) is 0.842. The zero-order valence-corrected chi connectivity index (χ0v) is 13.9. The predicted octanol–water partition coefficient (Wildman–Crippen LogP) is 5.81. The van der Waals surface area contributed by atoms with Gasteiger partial charge in [-0.1, -0.05) is 77.2 Å². The Bertz CT molecular complexity index is 279. The van der Waals surface area contributed by atoms with Gasteiger partial charge in [-0.3, -0.25) is 0 Å². The van der Waals surface area contributed by atoms with Gasteiger partial charge in [0.25, 0.3) is 0 Å². The van der Waals surface area contributed by atoms with Gasteiger partial charge in [0.2, 0.25) is 0 Å². The van der Waals surface area contributed by atoms with E-state index in [1.54, 1.807) is 6.08 Å². The molecule has 1 fully saturated rings. The first-order valence-electron chi connectivity index (χ1n) is 9.18. The molecule has 0 saturated heterocycles. The van der Waals surface area contributed by atoms with Gasteiger partial charge in [-0.25, -0.2) is 4.79 Å². The molecule has 0 aliphatic heterocycles. The SMILES string of the molecule is CCCCCCCCCCCCCOC(=O)C=CC1CC1. The lowest BCUT2D eigenvalue weighted by atomic mass is 10.1. The molecule has 1 rings (SSSR count). The molecule has 2 nitrogen and oxygen atoms in total. The van der Waals surface area contributed by atoms with E-state index in [0.29, 0.717) is 12.5 Å². The Morgan fingerprint density at radius 1 is 0.905 bits per heavy atom. The second-order valence-electron chi connectivity index (χ2n) is 6.40. The smallest absolute Gasteiger partial charge is 0.330 e. The lowest BCUT2D eigenvalue weighted by Gasteiger charge is -2.03. The van der Waals surface area contributed by atoms with Gasteiger partial charge in [-0.15, -0.1) is 0 Å². The molecule has 1 aliphatic carbocycles. The van der Waals surface area contributed by atoms with Gasteiger partial charge in [0, 0.05) is 6.08 Å². The number of esters is 1. The monoisotopic (exact) mass is 294 g/mol. The Labute approximate surface area is 131 Å². The number of ether oxygens (including phenoxy) is 1. The first-order chi connectivity index (χ1) is 10.3. The van der Waals surface area contributed by atoms with Gasteiger partial charge in [0.05, 0.1) is 6.61 Å². The molecular formula is C19H34O2. The Morgan fingerprint density at radius 3 is 1.95 bits per heavy atom. The Kier molecular flexibility index (Phi) is 11.2. The molecule has 0 amide bonds. The van der Waals surface area contributed by atoms with Crippen molar-refractivity contribution in [3.63, 3.8) is 0 Å². The van der Waals surface area contributed by atoms with Gasteiger partial charge in [0.1, 0.15) is 0 Å². The van der Waals surface area contributed by atoms with Crippen LogP contribution in [-0.4, -0.2) is 12.6 Å². The van der Waals surface area contributed by atoms with E-state index in [-0.39, 0.29) is 5.97 Å². The van der Waals surface area contributed by atoms with Crippen LogP contribution in [0.25, 0.3) is 0 Å². The van der Waals surface area contributed by atoms with Crippen LogP contribution in [0.2, 0.25) is 0 Å². The number of rotatable bonds is 14. The van der Waals surface area contributed by atoms with Crippen LogP contribution in [0.5, 0.6) is 0 Å². The average Bonchev–Trinajstić information content (AvgIpc) is 3.30. The maximum absolute atomic E-state index is 11.3. The van der Waals surface area contributed by atoms with Crippen molar-refractivity contribution < 1.29 is 9.53 Å². The maximum atomic E-state index is 11.3.